The zero-order chi connectivity index (χ0) is 14.8. The largest absolute Gasteiger partial charge is 0.374 e. The van der Waals surface area contributed by atoms with Crippen LogP contribution in [0.1, 0.15) is 30.5 Å². The zero-order valence-corrected chi connectivity index (χ0v) is 13.1. The van der Waals surface area contributed by atoms with Gasteiger partial charge in [-0.1, -0.05) is 25.1 Å². The summed E-state index contributed by atoms with van der Waals surface area (Å²) in [4.78, 5) is 19.2. The van der Waals surface area contributed by atoms with Crippen molar-refractivity contribution in [3.05, 3.63) is 40.9 Å². The first-order chi connectivity index (χ1) is 10.2. The lowest BCUT2D eigenvalue weighted by molar-refractivity contribution is -0.117. The van der Waals surface area contributed by atoms with Crippen LogP contribution in [0.3, 0.4) is 0 Å². The SMILES string of the molecule is CCc1csc(NC(=O)C2CCN(C)c3ccccc32)n1. The number of fused-ring (bicyclic) bond motifs is 1. The standard InChI is InChI=1S/C16H19N3OS/c1-3-11-10-21-16(17-11)18-15(20)13-8-9-19(2)14-7-5-4-6-12(13)14/h4-7,10,13H,3,8-9H2,1-2H3,(H,17,18,20). The van der Waals surface area contributed by atoms with Crippen molar-refractivity contribution in [2.24, 2.45) is 0 Å². The Kier molecular flexibility index (Phi) is 3.92. The lowest BCUT2D eigenvalue weighted by Crippen LogP contribution is -2.32. The number of carbonyl (C=O) groups is 1. The molecule has 1 aromatic carbocycles. The summed E-state index contributed by atoms with van der Waals surface area (Å²) in [5.74, 6) is -0.0427. The Bertz CT molecular complexity index is 652. The molecule has 5 heteroatoms. The maximum Gasteiger partial charge on any atom is 0.233 e. The zero-order valence-electron chi connectivity index (χ0n) is 12.3. The van der Waals surface area contributed by atoms with Crippen molar-refractivity contribution in [3.8, 4) is 0 Å². The number of para-hydroxylation sites is 1. The molecule has 2 heterocycles. The number of amides is 1. The fourth-order valence-corrected chi connectivity index (χ4v) is 3.52. The summed E-state index contributed by atoms with van der Waals surface area (Å²) in [6, 6.07) is 8.14. The number of aromatic nitrogens is 1. The molecule has 0 aliphatic carbocycles. The van der Waals surface area contributed by atoms with E-state index >= 15 is 0 Å². The maximum absolute atomic E-state index is 12.6. The molecule has 0 bridgehead atoms. The van der Waals surface area contributed by atoms with Gasteiger partial charge in [-0.3, -0.25) is 4.79 Å². The molecule has 0 saturated heterocycles. The minimum absolute atomic E-state index is 0.0487. The minimum atomic E-state index is -0.0913. The van der Waals surface area contributed by atoms with Gasteiger partial charge in [-0.2, -0.15) is 0 Å². The predicted octanol–water partition coefficient (Wildman–Crippen LogP) is 3.27. The Morgan fingerprint density at radius 3 is 3.05 bits per heavy atom. The number of aryl methyl sites for hydroxylation is 1. The van der Waals surface area contributed by atoms with E-state index < -0.39 is 0 Å². The third-order valence-electron chi connectivity index (χ3n) is 3.94. The van der Waals surface area contributed by atoms with Gasteiger partial charge in [-0.15, -0.1) is 11.3 Å². The van der Waals surface area contributed by atoms with E-state index in [0.29, 0.717) is 5.13 Å². The van der Waals surface area contributed by atoms with E-state index in [1.807, 2.05) is 17.5 Å². The van der Waals surface area contributed by atoms with Crippen molar-refractivity contribution in [2.75, 3.05) is 23.8 Å². The Morgan fingerprint density at radius 2 is 2.29 bits per heavy atom. The number of carbonyl (C=O) groups excluding carboxylic acids is 1. The normalized spacial score (nSPS) is 17.4. The van der Waals surface area contributed by atoms with Crippen molar-refractivity contribution in [2.45, 2.75) is 25.7 Å². The number of thiazole rings is 1. The fraction of sp³-hybridized carbons (Fsp3) is 0.375. The molecule has 1 N–H and O–H groups in total. The van der Waals surface area contributed by atoms with Gasteiger partial charge in [0, 0.05) is 24.7 Å². The van der Waals surface area contributed by atoms with Gasteiger partial charge in [0.25, 0.3) is 0 Å². The molecular weight excluding hydrogens is 282 g/mol. The summed E-state index contributed by atoms with van der Waals surface area (Å²) < 4.78 is 0. The summed E-state index contributed by atoms with van der Waals surface area (Å²) in [7, 11) is 2.07. The Labute approximate surface area is 128 Å². The highest BCUT2D eigenvalue weighted by atomic mass is 32.1. The summed E-state index contributed by atoms with van der Waals surface area (Å²) in [6.45, 7) is 2.96. The predicted molar refractivity (Wildman–Crippen MR) is 87.2 cm³/mol. The molecule has 1 atom stereocenters. The van der Waals surface area contributed by atoms with Gasteiger partial charge >= 0.3 is 0 Å². The lowest BCUT2D eigenvalue weighted by Gasteiger charge is -2.32. The van der Waals surface area contributed by atoms with Crippen LogP contribution in [0.15, 0.2) is 29.6 Å². The number of rotatable bonds is 3. The highest BCUT2D eigenvalue weighted by Crippen LogP contribution is 2.35. The third kappa shape index (κ3) is 2.78. The molecule has 1 amide bonds. The van der Waals surface area contributed by atoms with Crippen LogP contribution in [0.5, 0.6) is 0 Å². The number of anilines is 2. The van der Waals surface area contributed by atoms with E-state index in [2.05, 4.69) is 41.3 Å². The second kappa shape index (κ2) is 5.85. The lowest BCUT2D eigenvalue weighted by atomic mass is 9.89. The molecule has 0 radical (unpaired) electrons. The maximum atomic E-state index is 12.6. The van der Waals surface area contributed by atoms with Crippen LogP contribution in [0, 0.1) is 0 Å². The van der Waals surface area contributed by atoms with Crippen molar-refractivity contribution in [1.82, 2.24) is 4.98 Å². The van der Waals surface area contributed by atoms with Crippen LogP contribution in [-0.2, 0) is 11.2 Å². The highest BCUT2D eigenvalue weighted by Gasteiger charge is 2.28. The van der Waals surface area contributed by atoms with Crippen LogP contribution >= 0.6 is 11.3 Å². The topological polar surface area (TPSA) is 45.2 Å². The average Bonchev–Trinajstić information content (AvgIpc) is 2.95. The molecule has 4 nitrogen and oxygen atoms in total. The van der Waals surface area contributed by atoms with Crippen LogP contribution in [0.25, 0.3) is 0 Å². The van der Waals surface area contributed by atoms with E-state index in [1.54, 1.807) is 0 Å². The highest BCUT2D eigenvalue weighted by molar-refractivity contribution is 7.13. The molecule has 2 aromatic rings. The fourth-order valence-electron chi connectivity index (χ4n) is 2.72. The van der Waals surface area contributed by atoms with Crippen LogP contribution in [0.4, 0.5) is 10.8 Å². The number of benzene rings is 1. The molecule has 1 aliphatic heterocycles. The molecule has 1 aliphatic rings. The van der Waals surface area contributed by atoms with Crippen molar-refractivity contribution < 1.29 is 4.79 Å². The Balaban J connectivity index is 1.80. The number of nitrogens with zero attached hydrogens (tertiary/aromatic N) is 2. The summed E-state index contributed by atoms with van der Waals surface area (Å²) >= 11 is 1.49. The van der Waals surface area contributed by atoms with Gasteiger partial charge in [-0.25, -0.2) is 4.98 Å². The molecule has 3 rings (SSSR count). The van der Waals surface area contributed by atoms with E-state index in [-0.39, 0.29) is 11.8 Å². The number of hydrogen-bond acceptors (Lipinski definition) is 4. The number of nitrogens with one attached hydrogen (secondary N) is 1. The third-order valence-corrected chi connectivity index (χ3v) is 4.74. The summed E-state index contributed by atoms with van der Waals surface area (Å²) in [6.07, 6.45) is 1.73. The van der Waals surface area contributed by atoms with Gasteiger partial charge in [0.05, 0.1) is 11.6 Å². The molecule has 1 unspecified atom stereocenters. The molecular formula is C16H19N3OS. The van der Waals surface area contributed by atoms with E-state index in [1.165, 1.54) is 11.3 Å². The molecule has 21 heavy (non-hydrogen) atoms. The van der Waals surface area contributed by atoms with Gasteiger partial charge in [-0.05, 0) is 24.5 Å². The van der Waals surface area contributed by atoms with E-state index in [9.17, 15) is 4.79 Å². The van der Waals surface area contributed by atoms with Gasteiger partial charge in [0.2, 0.25) is 5.91 Å². The van der Waals surface area contributed by atoms with Gasteiger partial charge in [0.1, 0.15) is 0 Å². The van der Waals surface area contributed by atoms with Crippen molar-refractivity contribution >= 4 is 28.1 Å². The summed E-state index contributed by atoms with van der Waals surface area (Å²) in [5, 5.41) is 5.67. The molecule has 0 saturated carbocycles. The molecule has 0 fully saturated rings. The van der Waals surface area contributed by atoms with Crippen molar-refractivity contribution in [1.29, 1.82) is 0 Å². The van der Waals surface area contributed by atoms with Crippen LogP contribution in [-0.4, -0.2) is 24.5 Å². The van der Waals surface area contributed by atoms with Gasteiger partial charge in [0.15, 0.2) is 5.13 Å². The smallest absolute Gasteiger partial charge is 0.233 e. The van der Waals surface area contributed by atoms with E-state index in [0.717, 1.165) is 36.3 Å². The first-order valence-electron chi connectivity index (χ1n) is 7.24. The van der Waals surface area contributed by atoms with E-state index in [4.69, 9.17) is 0 Å². The van der Waals surface area contributed by atoms with Gasteiger partial charge < -0.3 is 10.2 Å². The first kappa shape index (κ1) is 14.1. The first-order valence-corrected chi connectivity index (χ1v) is 8.12. The second-order valence-corrected chi connectivity index (χ2v) is 6.17. The van der Waals surface area contributed by atoms with Crippen LogP contribution < -0.4 is 10.2 Å². The van der Waals surface area contributed by atoms with Crippen molar-refractivity contribution in [3.63, 3.8) is 0 Å². The quantitative estimate of drug-likeness (QED) is 0.946. The Hall–Kier alpha value is -1.88. The molecule has 1 aromatic heterocycles. The monoisotopic (exact) mass is 301 g/mol. The Morgan fingerprint density at radius 1 is 1.48 bits per heavy atom. The minimum Gasteiger partial charge on any atom is -0.374 e. The summed E-state index contributed by atoms with van der Waals surface area (Å²) in [5.41, 5.74) is 3.28. The second-order valence-electron chi connectivity index (χ2n) is 5.31. The average molecular weight is 301 g/mol. The molecule has 110 valence electrons. The molecule has 0 spiro atoms. The van der Waals surface area contributed by atoms with Crippen LogP contribution in [0.2, 0.25) is 0 Å². The number of hydrogen-bond donors (Lipinski definition) is 1.